The van der Waals surface area contributed by atoms with Crippen molar-refractivity contribution >= 4 is 134 Å². The number of aromatic nitrogens is 1. The van der Waals surface area contributed by atoms with Gasteiger partial charge in [0.05, 0.1) is 44.6 Å². The van der Waals surface area contributed by atoms with Gasteiger partial charge in [0, 0.05) is 97.3 Å². The predicted molar refractivity (Wildman–Crippen MR) is 437 cm³/mol. The van der Waals surface area contributed by atoms with Crippen LogP contribution < -0.4 is 70.0 Å². The lowest BCUT2D eigenvalue weighted by Gasteiger charge is -2.29. The van der Waals surface area contributed by atoms with E-state index in [-0.39, 0.29) is 30.6 Å². The van der Waals surface area contributed by atoms with Crippen LogP contribution in [0.3, 0.4) is 0 Å². The summed E-state index contributed by atoms with van der Waals surface area (Å²) in [5, 5.41) is 57.0. The zero-order chi connectivity index (χ0) is 90.1. The van der Waals surface area contributed by atoms with E-state index in [1.165, 1.54) is 58.0 Å². The third-order valence-corrected chi connectivity index (χ3v) is 19.7. The highest BCUT2D eigenvalue weighted by Gasteiger charge is 2.41. The molecule has 2 heterocycles. The molecular formula is C83H112N14O24. The number of ketones is 4. The molecule has 121 heavy (non-hydrogen) atoms. The van der Waals surface area contributed by atoms with Gasteiger partial charge in [0.15, 0.2) is 23.1 Å². The Morgan fingerprint density at radius 3 is 1.92 bits per heavy atom. The van der Waals surface area contributed by atoms with Crippen molar-refractivity contribution in [3.8, 4) is 0 Å². The van der Waals surface area contributed by atoms with Gasteiger partial charge in [-0.2, -0.15) is 0 Å². The number of carbonyl (C=O) groups is 19. The molecule has 3 aromatic carbocycles. The Morgan fingerprint density at radius 2 is 1.29 bits per heavy atom. The zero-order valence-corrected chi connectivity index (χ0v) is 69.4. The topological polar surface area (TPSA) is 604 Å². The summed E-state index contributed by atoms with van der Waals surface area (Å²) in [4.78, 5) is 266. The first-order valence-corrected chi connectivity index (χ1v) is 39.7. The number of aromatic amines is 1. The van der Waals surface area contributed by atoms with Crippen LogP contribution in [0.25, 0.3) is 16.5 Å². The molecule has 38 heteroatoms. The normalized spacial score (nSPS) is 21.1. The van der Waals surface area contributed by atoms with Crippen molar-refractivity contribution < 1.29 is 116 Å². The number of rotatable bonds is 31. The Kier molecular flexibility index (Phi) is 39.0. The number of hydrogen-bond donors (Lipinski definition) is 17. The first-order chi connectivity index (χ1) is 57.0. The number of carboxylic acids is 2. The standard InChI is InChI=1S/C83H112N14O24/c1-11-12-13-19-49-25-27-50(28-26-49)43(2)32-68(104)92-60(34-51-39-87-56-23-17-15-20-52(51)56)79(116)94-58(37-67(85)103)64(100)31-46(5)75(112)97-73-48(7)120-81(118)61(36-63(99)53-21-14-16-22-55(53)84)96-77(114)54(44(3)33-71(107)108)35-66(102)62(42-98)93-70(106)40-88-76(113)47(6)90-74(111)45(4)30-65(101)59(38-72(109)110)95-78(115)57(91-69(105)41-89-80(73)117)24-18-29-86-82(119)121-83(8,9)10/h14-17,20-23,25-28,32,39,44-48,54,57-62,73,87,98H,11-13,18-19,24,29-31,33-38,40-42,84H2,1-10H3,(H2,85,103)(H,86,119)(H,88,113)(H,89,117)(H,90,111)(H,91,105)(H,92,104)(H,93,106)(H,94,116)(H,95,115)(H,96,114)(H,97,112)(H,107,108)(H,109,110)/b43-32+/t44-,45+,46-,47+,48-,54+,57+,58-,59+,60+,61+,62-,73+/m1/s1. The first kappa shape index (κ1) is 98.8. The molecule has 1 aromatic heterocycles. The zero-order valence-electron chi connectivity index (χ0n) is 69.4. The number of nitrogens with two attached hydrogens (primary N) is 2. The van der Waals surface area contributed by atoms with E-state index in [0.717, 1.165) is 38.2 Å². The second-order valence-corrected chi connectivity index (χ2v) is 31.1. The number of para-hydroxylation sites is 2. The van der Waals surface area contributed by atoms with Crippen molar-refractivity contribution in [2.75, 3.05) is 32.0 Å². The molecule has 4 aromatic rings. The number of alkyl carbamates (subject to hydrolysis) is 1. The highest BCUT2D eigenvalue weighted by atomic mass is 16.6. The lowest BCUT2D eigenvalue weighted by molar-refractivity contribution is -0.156. The van der Waals surface area contributed by atoms with Crippen LogP contribution in [0.1, 0.15) is 173 Å². The maximum atomic E-state index is 14.9. The van der Waals surface area contributed by atoms with Gasteiger partial charge in [-0.3, -0.25) is 81.5 Å². The number of aliphatic hydroxyl groups is 1. The minimum absolute atomic E-state index is 0.128. The van der Waals surface area contributed by atoms with Gasteiger partial charge in [-0.25, -0.2) is 9.59 Å². The Labute approximate surface area is 698 Å². The summed E-state index contributed by atoms with van der Waals surface area (Å²) in [5.74, 6) is -27.2. The van der Waals surface area contributed by atoms with Gasteiger partial charge in [-0.05, 0) is 114 Å². The minimum Gasteiger partial charge on any atom is -0.481 e. The van der Waals surface area contributed by atoms with Crippen molar-refractivity contribution in [2.45, 2.75) is 219 Å². The van der Waals surface area contributed by atoms with Crippen LogP contribution in [0, 0.1) is 23.7 Å². The van der Waals surface area contributed by atoms with Crippen LogP contribution >= 0.6 is 0 Å². The van der Waals surface area contributed by atoms with Crippen LogP contribution in [0.4, 0.5) is 10.5 Å². The van der Waals surface area contributed by atoms with Gasteiger partial charge in [0.1, 0.15) is 48.0 Å². The molecular weight excluding hydrogens is 1580 g/mol. The summed E-state index contributed by atoms with van der Waals surface area (Å²) in [5.41, 5.74) is 14.1. The number of aliphatic hydroxyl groups excluding tert-OH is 1. The number of aryl methyl sites for hydroxylation is 1. The average Bonchev–Trinajstić information content (AvgIpc) is 1.43. The van der Waals surface area contributed by atoms with E-state index in [1.807, 2.05) is 24.3 Å². The van der Waals surface area contributed by atoms with E-state index < -0.39 is 267 Å². The van der Waals surface area contributed by atoms with Crippen molar-refractivity contribution in [3.63, 3.8) is 0 Å². The third-order valence-electron chi connectivity index (χ3n) is 19.7. The number of nitrogen functional groups attached to an aromatic ring is 1. The molecule has 1 fully saturated rings. The van der Waals surface area contributed by atoms with E-state index in [4.69, 9.17) is 20.9 Å². The number of cyclic esters (lactones) is 1. The van der Waals surface area contributed by atoms with Crippen LogP contribution in [-0.2, 0) is 104 Å². The van der Waals surface area contributed by atoms with E-state index in [1.54, 1.807) is 58.2 Å². The Balaban J connectivity index is 1.58. The number of allylic oxidation sites excluding steroid dienone is 1. The number of esters is 1. The monoisotopic (exact) mass is 1690 g/mol. The van der Waals surface area contributed by atoms with Gasteiger partial charge in [0.25, 0.3) is 0 Å². The number of anilines is 1. The quantitative estimate of drug-likeness (QED) is 0.0110. The number of H-pyrrole nitrogens is 1. The van der Waals surface area contributed by atoms with Crippen LogP contribution in [0.5, 0.6) is 0 Å². The van der Waals surface area contributed by atoms with Crippen molar-refractivity contribution in [3.05, 3.63) is 107 Å². The van der Waals surface area contributed by atoms with Crippen molar-refractivity contribution in [1.82, 2.24) is 63.5 Å². The molecule has 0 saturated carbocycles. The number of unbranched alkanes of at least 4 members (excludes halogenated alkanes) is 2. The highest BCUT2D eigenvalue weighted by Crippen LogP contribution is 2.26. The molecule has 13 atom stereocenters. The molecule has 5 rings (SSSR count). The third kappa shape index (κ3) is 33.2. The smallest absolute Gasteiger partial charge is 0.407 e. The van der Waals surface area contributed by atoms with Crippen molar-refractivity contribution in [2.24, 2.45) is 29.4 Å². The largest absolute Gasteiger partial charge is 0.481 e. The summed E-state index contributed by atoms with van der Waals surface area (Å²) in [6.45, 7) is 10.9. The number of carbonyl (C=O) groups excluding carboxylic acids is 17. The van der Waals surface area contributed by atoms with E-state index in [9.17, 15) is 106 Å². The van der Waals surface area contributed by atoms with Gasteiger partial charge >= 0.3 is 24.0 Å². The molecule has 0 spiro atoms. The molecule has 658 valence electrons. The van der Waals surface area contributed by atoms with Crippen LogP contribution in [0.2, 0.25) is 0 Å². The Hall–Kier alpha value is -12.8. The number of carboxylic acid groups (broad SMARTS) is 2. The number of nitrogens with one attached hydrogen (secondary N) is 12. The SMILES string of the molecule is CCCCCc1ccc(/C(C)=C/C(=O)N[C@@H](Cc2c[nH]c3ccccc23)C(=O)N[C@H](CC(N)=O)C(=O)C[C@@H](C)C(=O)N[C@@H]2C(=O)NCC(=O)N[C@@H](CCCNC(=O)OC(C)(C)C)C(=O)N[C@@H](CC(=O)O)C(=O)C[C@H](C)C(=O)N[C@@H](C)C(=O)NCC(=O)N[C@H](CO)C(=O)C[C@@H]([C@H](C)CC(=O)O)C(=O)N[C@@H](CC(=O)c3ccccc3N)C(=O)O[C@@H]2C)cc1. The molecule has 19 N–H and O–H groups in total. The van der Waals surface area contributed by atoms with Gasteiger partial charge in [0.2, 0.25) is 65.0 Å². The number of primary amides is 1. The molecule has 38 nitrogen and oxygen atoms in total. The second kappa shape index (κ2) is 47.7. The van der Waals surface area contributed by atoms with Gasteiger partial charge in [-0.15, -0.1) is 0 Å². The van der Waals surface area contributed by atoms with E-state index >= 15 is 0 Å². The molecule has 0 radical (unpaired) electrons. The van der Waals surface area contributed by atoms with Gasteiger partial charge in [-0.1, -0.05) is 95.1 Å². The van der Waals surface area contributed by atoms with Gasteiger partial charge < -0.3 is 99.7 Å². The Morgan fingerprint density at radius 1 is 0.661 bits per heavy atom. The summed E-state index contributed by atoms with van der Waals surface area (Å²) in [6.07, 6.45) is -3.26. The fraction of sp³-hybridized carbons (Fsp3) is 0.506. The lowest BCUT2D eigenvalue weighted by Crippen LogP contribution is -2.58. The predicted octanol–water partition coefficient (Wildman–Crippen LogP) is 1.00. The number of ether oxygens (including phenoxy) is 2. The number of hydrogen-bond acceptors (Lipinski definition) is 23. The first-order valence-electron chi connectivity index (χ1n) is 39.7. The molecule has 0 bridgehead atoms. The molecule has 1 aliphatic heterocycles. The summed E-state index contributed by atoms with van der Waals surface area (Å²) in [7, 11) is 0. The summed E-state index contributed by atoms with van der Waals surface area (Å²) < 4.78 is 11.1. The van der Waals surface area contributed by atoms with Crippen LogP contribution in [0.15, 0.2) is 85.1 Å². The molecule has 0 unspecified atom stereocenters. The summed E-state index contributed by atoms with van der Waals surface area (Å²) >= 11 is 0. The molecule has 12 amide bonds. The number of benzene rings is 3. The maximum Gasteiger partial charge on any atom is 0.407 e. The van der Waals surface area contributed by atoms with E-state index in [2.05, 4.69) is 70.4 Å². The lowest BCUT2D eigenvalue weighted by atomic mass is 9.84. The fourth-order valence-corrected chi connectivity index (χ4v) is 12.9. The number of aliphatic carboxylic acids is 2. The van der Waals surface area contributed by atoms with E-state index in [0.29, 0.717) is 27.6 Å². The Bertz CT molecular complexity index is 4480. The average molecular weight is 1690 g/mol. The highest BCUT2D eigenvalue weighted by molar-refractivity contribution is 6.05. The molecule has 1 saturated heterocycles. The second-order valence-electron chi connectivity index (χ2n) is 31.1. The molecule has 1 aliphatic rings. The summed E-state index contributed by atoms with van der Waals surface area (Å²) in [6, 6.07) is 5.48. The van der Waals surface area contributed by atoms with Crippen LogP contribution in [-0.4, -0.2) is 219 Å². The number of amides is 12. The number of Topliss-reactive ketones (excluding diaryl/α,β-unsaturated/α-hetero) is 4. The fourth-order valence-electron chi connectivity index (χ4n) is 12.9. The number of fused-ring (bicyclic) bond motifs is 1. The van der Waals surface area contributed by atoms with Crippen molar-refractivity contribution in [1.29, 1.82) is 0 Å². The molecule has 0 aliphatic carbocycles. The minimum atomic E-state index is -2.22. The maximum absolute atomic E-state index is 14.9.